The van der Waals surface area contributed by atoms with Gasteiger partial charge in [0.1, 0.15) is 5.60 Å². The van der Waals surface area contributed by atoms with Crippen molar-refractivity contribution >= 4 is 28.2 Å². The number of carbonyl (C=O) groups excluding carboxylic acids is 1. The first-order chi connectivity index (χ1) is 12.1. The minimum atomic E-state index is -0.498. The molecule has 0 aromatic heterocycles. The quantitative estimate of drug-likeness (QED) is 0.605. The number of likely N-dealkylation sites (tertiary alicyclic amines) is 1. The summed E-state index contributed by atoms with van der Waals surface area (Å²) in [4.78, 5) is 19.8. The maximum atomic E-state index is 13.0. The first-order valence-electron chi connectivity index (χ1n) is 9.43. The topological polar surface area (TPSA) is 41.9 Å². The summed E-state index contributed by atoms with van der Waals surface area (Å²) in [5.74, 6) is 3.01. The Morgan fingerprint density at radius 1 is 1.54 bits per heavy atom. The third-order valence-electron chi connectivity index (χ3n) is 5.90. The van der Waals surface area contributed by atoms with E-state index in [1.807, 2.05) is 38.8 Å². The molecule has 0 aromatic rings. The molecular formula is C21H29BrN2O2. The number of carbonyl (C=O) groups is 1. The van der Waals surface area contributed by atoms with Gasteiger partial charge in [-0.15, -0.1) is 12.3 Å². The molecule has 3 atom stereocenters. The molecule has 142 valence electrons. The number of terminal acetylenes is 1. The number of aliphatic imine (C=N–C) groups is 1. The minimum absolute atomic E-state index is 0.0475. The average Bonchev–Trinajstić information content (AvgIpc) is 3.14. The summed E-state index contributed by atoms with van der Waals surface area (Å²) in [6, 6.07) is 0.0475. The average molecular weight is 421 g/mol. The molecule has 26 heavy (non-hydrogen) atoms. The van der Waals surface area contributed by atoms with E-state index >= 15 is 0 Å². The predicted octanol–water partition coefficient (Wildman–Crippen LogP) is 4.93. The van der Waals surface area contributed by atoms with Gasteiger partial charge >= 0.3 is 6.09 Å². The third-order valence-corrected chi connectivity index (χ3v) is 6.16. The van der Waals surface area contributed by atoms with Crippen LogP contribution in [0.25, 0.3) is 0 Å². The lowest BCUT2D eigenvalue weighted by Crippen LogP contribution is -2.53. The first kappa shape index (κ1) is 19.5. The molecule has 0 N–H and O–H groups in total. The highest BCUT2D eigenvalue weighted by Crippen LogP contribution is 2.66. The number of amides is 1. The van der Waals surface area contributed by atoms with Gasteiger partial charge in [0.25, 0.3) is 0 Å². The Morgan fingerprint density at radius 2 is 2.19 bits per heavy atom. The molecule has 3 rings (SSSR count). The van der Waals surface area contributed by atoms with Crippen molar-refractivity contribution in [3.8, 4) is 12.3 Å². The lowest BCUT2D eigenvalue weighted by atomic mass is 9.71. The number of hydrogen-bond acceptors (Lipinski definition) is 3. The molecule has 0 bridgehead atoms. The molecule has 1 amide bonds. The molecule has 2 fully saturated rings. The highest BCUT2D eigenvalue weighted by molar-refractivity contribution is 9.11. The Labute approximate surface area is 165 Å². The van der Waals surface area contributed by atoms with Crippen molar-refractivity contribution in [2.24, 2.45) is 16.3 Å². The fraction of sp³-hybridized carbons (Fsp3) is 0.714. The standard InChI is InChI=1S/C21H29BrN2O2/c1-6-7-16(12-15(2)22)13-17-21(10-11-23-21)20(8-9-20)14-24(17)18(25)26-19(3,4)5/h1,11-12,16-17H,7-10,13-14H2,2-5H3/b15-12+. The van der Waals surface area contributed by atoms with Gasteiger partial charge in [0, 0.05) is 31.0 Å². The molecule has 5 heteroatoms. The molecule has 2 aliphatic heterocycles. The second-order valence-corrected chi connectivity index (χ2v) is 10.3. The Balaban J connectivity index is 1.89. The zero-order valence-electron chi connectivity index (χ0n) is 16.2. The molecule has 0 radical (unpaired) electrons. The minimum Gasteiger partial charge on any atom is -0.444 e. The van der Waals surface area contributed by atoms with Crippen molar-refractivity contribution in [3.05, 3.63) is 10.6 Å². The van der Waals surface area contributed by atoms with Gasteiger partial charge < -0.3 is 9.64 Å². The molecule has 3 aliphatic rings. The van der Waals surface area contributed by atoms with Crippen molar-refractivity contribution in [2.75, 3.05) is 6.54 Å². The molecule has 1 saturated carbocycles. The molecule has 2 spiro atoms. The molecule has 1 aliphatic carbocycles. The van der Waals surface area contributed by atoms with Crippen LogP contribution < -0.4 is 0 Å². The van der Waals surface area contributed by atoms with Crippen LogP contribution in [-0.2, 0) is 4.74 Å². The van der Waals surface area contributed by atoms with Gasteiger partial charge in [-0.2, -0.15) is 0 Å². The normalized spacial score (nSPS) is 30.2. The fourth-order valence-electron chi connectivity index (χ4n) is 4.60. The van der Waals surface area contributed by atoms with E-state index in [2.05, 4.69) is 27.9 Å². The number of halogens is 1. The van der Waals surface area contributed by atoms with Crippen LogP contribution in [0.3, 0.4) is 0 Å². The maximum Gasteiger partial charge on any atom is 0.410 e. The highest BCUT2D eigenvalue weighted by Gasteiger charge is 2.71. The van der Waals surface area contributed by atoms with E-state index in [0.29, 0.717) is 6.42 Å². The predicted molar refractivity (Wildman–Crippen MR) is 108 cm³/mol. The zero-order valence-corrected chi connectivity index (χ0v) is 17.8. The molecule has 2 heterocycles. The van der Waals surface area contributed by atoms with Crippen molar-refractivity contribution in [3.63, 3.8) is 0 Å². The summed E-state index contributed by atoms with van der Waals surface area (Å²) < 4.78 is 6.80. The Bertz CT molecular complexity index is 677. The molecule has 0 aromatic carbocycles. The molecular weight excluding hydrogens is 392 g/mol. The van der Waals surface area contributed by atoms with Crippen LogP contribution >= 0.6 is 15.9 Å². The van der Waals surface area contributed by atoms with Crippen LogP contribution in [0.1, 0.15) is 59.8 Å². The van der Waals surface area contributed by atoms with E-state index in [4.69, 9.17) is 16.2 Å². The molecule has 1 saturated heterocycles. The lowest BCUT2D eigenvalue weighted by molar-refractivity contribution is 0.0178. The number of allylic oxidation sites excluding steroid dienone is 2. The van der Waals surface area contributed by atoms with E-state index in [1.54, 1.807) is 0 Å². The number of fused-ring (bicyclic) bond motifs is 1. The largest absolute Gasteiger partial charge is 0.444 e. The first-order valence-corrected chi connectivity index (χ1v) is 10.2. The van der Waals surface area contributed by atoms with E-state index in [1.165, 1.54) is 0 Å². The number of nitrogens with zero attached hydrogens (tertiary/aromatic N) is 2. The van der Waals surface area contributed by atoms with Crippen molar-refractivity contribution < 1.29 is 9.53 Å². The fourth-order valence-corrected chi connectivity index (χ4v) is 4.97. The van der Waals surface area contributed by atoms with Gasteiger partial charge in [-0.25, -0.2) is 4.79 Å². The summed E-state index contributed by atoms with van der Waals surface area (Å²) in [6.07, 6.45) is 14.3. The van der Waals surface area contributed by atoms with Crippen LogP contribution in [0, 0.1) is 23.7 Å². The van der Waals surface area contributed by atoms with Gasteiger partial charge in [0.2, 0.25) is 0 Å². The second-order valence-electron chi connectivity index (χ2n) is 9.00. The summed E-state index contributed by atoms with van der Waals surface area (Å²) in [5, 5.41) is 0. The number of hydrogen-bond donors (Lipinski definition) is 0. The van der Waals surface area contributed by atoms with Crippen LogP contribution in [-0.4, -0.2) is 40.9 Å². The van der Waals surface area contributed by atoms with Gasteiger partial charge in [0.05, 0.1) is 11.6 Å². The summed E-state index contributed by atoms with van der Waals surface area (Å²) in [5.41, 5.74) is -0.483. The van der Waals surface area contributed by atoms with Crippen LogP contribution in [0.4, 0.5) is 4.79 Å². The van der Waals surface area contributed by atoms with E-state index in [0.717, 1.165) is 36.7 Å². The molecule has 3 unspecified atom stereocenters. The monoisotopic (exact) mass is 420 g/mol. The lowest BCUT2D eigenvalue weighted by Gasteiger charge is -2.43. The van der Waals surface area contributed by atoms with E-state index < -0.39 is 5.60 Å². The Morgan fingerprint density at radius 3 is 2.62 bits per heavy atom. The highest BCUT2D eigenvalue weighted by atomic mass is 79.9. The van der Waals surface area contributed by atoms with E-state index in [-0.39, 0.29) is 29.0 Å². The Hall–Kier alpha value is -1.28. The SMILES string of the molecule is C#CCC(/C=C(\C)Br)CC1N(C(=O)OC(C)(C)C)CC2(CC2)C12CC=N2. The molecule has 4 nitrogen and oxygen atoms in total. The summed E-state index contributed by atoms with van der Waals surface area (Å²) in [7, 11) is 0. The number of rotatable bonds is 4. The van der Waals surface area contributed by atoms with Crippen LogP contribution in [0.2, 0.25) is 0 Å². The van der Waals surface area contributed by atoms with Crippen molar-refractivity contribution in [2.45, 2.75) is 77.0 Å². The number of ether oxygens (including phenoxy) is 1. The summed E-state index contributed by atoms with van der Waals surface area (Å²) >= 11 is 3.53. The van der Waals surface area contributed by atoms with Crippen molar-refractivity contribution in [1.29, 1.82) is 0 Å². The Kier molecular flexibility index (Phi) is 5.03. The summed E-state index contributed by atoms with van der Waals surface area (Å²) in [6.45, 7) is 8.52. The zero-order chi connectivity index (χ0) is 19.2. The maximum absolute atomic E-state index is 13.0. The third kappa shape index (κ3) is 3.45. The van der Waals surface area contributed by atoms with Gasteiger partial charge in [-0.05, 0) is 57.4 Å². The second kappa shape index (κ2) is 6.71. The van der Waals surface area contributed by atoms with Crippen molar-refractivity contribution in [1.82, 2.24) is 4.90 Å². The van der Waals surface area contributed by atoms with Gasteiger partial charge in [-0.3, -0.25) is 4.99 Å². The van der Waals surface area contributed by atoms with Crippen LogP contribution in [0.5, 0.6) is 0 Å². The van der Waals surface area contributed by atoms with Gasteiger partial charge in [-0.1, -0.05) is 22.0 Å². The van der Waals surface area contributed by atoms with Crippen LogP contribution in [0.15, 0.2) is 15.6 Å². The smallest absolute Gasteiger partial charge is 0.410 e. The van der Waals surface area contributed by atoms with Gasteiger partial charge in [0.15, 0.2) is 0 Å². The van der Waals surface area contributed by atoms with E-state index in [9.17, 15) is 4.79 Å².